The molecule has 1 fully saturated rings. The van der Waals surface area contributed by atoms with E-state index in [1.54, 1.807) is 0 Å². The lowest BCUT2D eigenvalue weighted by Gasteiger charge is -2.35. The molecule has 0 bridgehead atoms. The van der Waals surface area contributed by atoms with Gasteiger partial charge in [0.05, 0.1) is 15.4 Å². The molecule has 0 aromatic heterocycles. The van der Waals surface area contributed by atoms with E-state index in [-0.39, 0.29) is 16.5 Å². The molecular weight excluding hydrogens is 325 g/mol. The fourth-order valence-electron chi connectivity index (χ4n) is 2.78. The van der Waals surface area contributed by atoms with Crippen LogP contribution in [-0.4, -0.2) is 55.8 Å². The predicted molar refractivity (Wildman–Crippen MR) is 83.3 cm³/mol. The molecule has 1 aromatic rings. The second-order valence-electron chi connectivity index (χ2n) is 5.89. The second kappa shape index (κ2) is 6.50. The zero-order chi connectivity index (χ0) is 17.4. The molecule has 1 saturated heterocycles. The molecule has 1 atom stereocenters. The number of halogens is 1. The zero-order valence-corrected chi connectivity index (χ0v) is 14.1. The van der Waals surface area contributed by atoms with E-state index >= 15 is 0 Å². The molecule has 0 unspecified atom stereocenters. The summed E-state index contributed by atoms with van der Waals surface area (Å²) in [7, 11) is -0.656. The van der Waals surface area contributed by atoms with Crippen molar-refractivity contribution in [1.29, 1.82) is 0 Å². The summed E-state index contributed by atoms with van der Waals surface area (Å²) in [6, 6.07) is 1.54. The summed E-state index contributed by atoms with van der Waals surface area (Å²) in [5.41, 5.74) is -0.702. The Hall–Kier alpha value is -1.58. The van der Waals surface area contributed by atoms with Gasteiger partial charge in [0, 0.05) is 25.7 Å². The molecule has 1 heterocycles. The lowest BCUT2D eigenvalue weighted by Crippen LogP contribution is -2.47. The normalized spacial score (nSPS) is 20.0. The maximum Gasteiger partial charge on any atom is 0.276 e. The van der Waals surface area contributed by atoms with E-state index in [4.69, 9.17) is 0 Å². The van der Waals surface area contributed by atoms with Crippen LogP contribution in [0.3, 0.4) is 0 Å². The summed E-state index contributed by atoms with van der Waals surface area (Å²) >= 11 is 0. The van der Waals surface area contributed by atoms with Crippen molar-refractivity contribution in [3.8, 4) is 0 Å². The minimum atomic E-state index is -4.00. The zero-order valence-electron chi connectivity index (χ0n) is 13.3. The van der Waals surface area contributed by atoms with Crippen LogP contribution in [-0.2, 0) is 10.0 Å². The van der Waals surface area contributed by atoms with Gasteiger partial charge in [-0.2, -0.15) is 4.31 Å². The first-order valence-corrected chi connectivity index (χ1v) is 8.69. The van der Waals surface area contributed by atoms with Gasteiger partial charge in [0.2, 0.25) is 10.0 Å². The van der Waals surface area contributed by atoms with Crippen molar-refractivity contribution in [3.63, 3.8) is 0 Å². The molecule has 9 heteroatoms. The summed E-state index contributed by atoms with van der Waals surface area (Å²) < 4.78 is 40.5. The predicted octanol–water partition coefficient (Wildman–Crippen LogP) is 1.76. The van der Waals surface area contributed by atoms with Gasteiger partial charge in [-0.1, -0.05) is 0 Å². The third-order valence-electron chi connectivity index (χ3n) is 4.28. The number of nitrogens with zero attached hydrogens (tertiary/aromatic N) is 3. The van der Waals surface area contributed by atoms with E-state index < -0.39 is 26.5 Å². The molecule has 2 rings (SSSR count). The first kappa shape index (κ1) is 17.8. The summed E-state index contributed by atoms with van der Waals surface area (Å²) in [4.78, 5) is 11.9. The topological polar surface area (TPSA) is 83.8 Å². The quantitative estimate of drug-likeness (QED) is 0.613. The van der Waals surface area contributed by atoms with Crippen molar-refractivity contribution in [3.05, 3.63) is 33.6 Å². The summed E-state index contributed by atoms with van der Waals surface area (Å²) in [6.07, 6.45) is 1.57. The Morgan fingerprint density at radius 1 is 1.43 bits per heavy atom. The monoisotopic (exact) mass is 345 g/mol. The lowest BCUT2D eigenvalue weighted by molar-refractivity contribution is -0.385. The molecule has 0 saturated carbocycles. The van der Waals surface area contributed by atoms with Crippen molar-refractivity contribution < 1.29 is 17.7 Å². The highest BCUT2D eigenvalue weighted by Crippen LogP contribution is 2.28. The highest BCUT2D eigenvalue weighted by molar-refractivity contribution is 7.89. The van der Waals surface area contributed by atoms with Gasteiger partial charge >= 0.3 is 0 Å². The molecule has 0 radical (unpaired) electrons. The first-order chi connectivity index (χ1) is 10.6. The van der Waals surface area contributed by atoms with Crippen molar-refractivity contribution in [2.24, 2.45) is 0 Å². The number of nitro groups is 1. The number of likely N-dealkylation sites (N-methyl/N-ethyl adjacent to an activating group) is 2. The number of hydrogen-bond donors (Lipinski definition) is 0. The molecule has 1 aromatic carbocycles. The van der Waals surface area contributed by atoms with Gasteiger partial charge in [0.1, 0.15) is 5.82 Å². The fourth-order valence-corrected chi connectivity index (χ4v) is 4.19. The Balaban J connectivity index is 2.41. The van der Waals surface area contributed by atoms with Crippen molar-refractivity contribution in [2.45, 2.75) is 30.7 Å². The summed E-state index contributed by atoms with van der Waals surface area (Å²) in [6.45, 7) is 2.73. The third kappa shape index (κ3) is 3.51. The summed E-state index contributed by atoms with van der Waals surface area (Å²) in [5.74, 6) is -0.896. The first-order valence-electron chi connectivity index (χ1n) is 7.25. The third-order valence-corrected chi connectivity index (χ3v) is 6.17. The van der Waals surface area contributed by atoms with Gasteiger partial charge in [-0.25, -0.2) is 12.8 Å². The van der Waals surface area contributed by atoms with Crippen LogP contribution in [0.1, 0.15) is 18.4 Å². The van der Waals surface area contributed by atoms with Crippen LogP contribution in [0.4, 0.5) is 10.1 Å². The minimum Gasteiger partial charge on any atom is -0.305 e. The van der Waals surface area contributed by atoms with Gasteiger partial charge in [0.15, 0.2) is 0 Å². The van der Waals surface area contributed by atoms with E-state index in [1.165, 1.54) is 18.3 Å². The molecule has 0 aliphatic carbocycles. The van der Waals surface area contributed by atoms with Crippen molar-refractivity contribution in [2.75, 3.05) is 27.2 Å². The highest BCUT2D eigenvalue weighted by Gasteiger charge is 2.32. The molecule has 1 aliphatic rings. The van der Waals surface area contributed by atoms with Gasteiger partial charge in [-0.15, -0.1) is 0 Å². The maximum atomic E-state index is 13.9. The smallest absolute Gasteiger partial charge is 0.276 e. The van der Waals surface area contributed by atoms with Crippen LogP contribution >= 0.6 is 0 Å². The van der Waals surface area contributed by atoms with Crippen LogP contribution in [0.15, 0.2) is 17.0 Å². The average molecular weight is 345 g/mol. The number of piperidine rings is 1. The molecular formula is C14H20FN3O4S. The Kier molecular flexibility index (Phi) is 5.02. The molecule has 23 heavy (non-hydrogen) atoms. The van der Waals surface area contributed by atoms with E-state index in [0.717, 1.165) is 25.1 Å². The summed E-state index contributed by atoms with van der Waals surface area (Å²) in [5, 5.41) is 11.0. The Bertz CT molecular complexity index is 723. The average Bonchev–Trinajstić information content (AvgIpc) is 2.48. The van der Waals surface area contributed by atoms with Crippen LogP contribution in [0.2, 0.25) is 0 Å². The minimum absolute atomic E-state index is 0.172. The molecule has 7 nitrogen and oxygen atoms in total. The Labute approximate surface area is 134 Å². The largest absolute Gasteiger partial charge is 0.305 e. The number of rotatable bonds is 4. The molecule has 1 aliphatic heterocycles. The number of nitro benzene ring substituents is 1. The van der Waals surface area contributed by atoms with Crippen LogP contribution < -0.4 is 0 Å². The fraction of sp³-hybridized carbons (Fsp3) is 0.571. The van der Waals surface area contributed by atoms with Crippen LogP contribution in [0.25, 0.3) is 0 Å². The highest BCUT2D eigenvalue weighted by atomic mass is 32.2. The number of benzene rings is 1. The van der Waals surface area contributed by atoms with Gasteiger partial charge in [-0.05, 0) is 39.4 Å². The standard InChI is InChI=1S/C14H20FN3O4S/c1-10-13(15)7-12(8-14(10)18(19)20)23(21,22)17(3)11-5-4-6-16(2)9-11/h7-8,11H,4-6,9H2,1-3H3/t11-/m0/s1. The lowest BCUT2D eigenvalue weighted by atomic mass is 10.1. The number of sulfonamides is 1. The SMILES string of the molecule is Cc1c(F)cc(S(=O)(=O)N(C)[C@H]2CCCN(C)C2)cc1[N+](=O)[O-]. The van der Waals surface area contributed by atoms with E-state index in [9.17, 15) is 22.9 Å². The molecule has 0 amide bonds. The van der Waals surface area contributed by atoms with E-state index in [0.29, 0.717) is 13.0 Å². The van der Waals surface area contributed by atoms with Crippen LogP contribution in [0.5, 0.6) is 0 Å². The number of likely N-dealkylation sites (tertiary alicyclic amines) is 1. The molecule has 128 valence electrons. The van der Waals surface area contributed by atoms with E-state index in [2.05, 4.69) is 0 Å². The maximum absolute atomic E-state index is 13.9. The van der Waals surface area contributed by atoms with Gasteiger partial charge < -0.3 is 4.90 Å². The van der Waals surface area contributed by atoms with Gasteiger partial charge in [0.25, 0.3) is 5.69 Å². The molecule has 0 N–H and O–H groups in total. The second-order valence-corrected chi connectivity index (χ2v) is 7.88. The Morgan fingerprint density at radius 3 is 2.65 bits per heavy atom. The van der Waals surface area contributed by atoms with Gasteiger partial charge in [-0.3, -0.25) is 10.1 Å². The van der Waals surface area contributed by atoms with E-state index in [1.807, 2.05) is 11.9 Å². The van der Waals surface area contributed by atoms with Crippen molar-refractivity contribution >= 4 is 15.7 Å². The Morgan fingerprint density at radius 2 is 2.09 bits per heavy atom. The van der Waals surface area contributed by atoms with Crippen LogP contribution in [0, 0.1) is 22.9 Å². The van der Waals surface area contributed by atoms with Crippen molar-refractivity contribution in [1.82, 2.24) is 9.21 Å². The molecule has 0 spiro atoms. The number of hydrogen-bond acceptors (Lipinski definition) is 5.